The largest absolute Gasteiger partial charge is 0.276 e. The first-order chi connectivity index (χ1) is 9.65. The number of carbonyl (C=O) groups is 1. The van der Waals surface area contributed by atoms with Gasteiger partial charge < -0.3 is 0 Å². The summed E-state index contributed by atoms with van der Waals surface area (Å²) >= 11 is 11.7. The SMILES string of the molecule is O=C(Cl)c1ccc2nc(Cl)c(-c3ccccc3)nc2c1. The molecule has 20 heavy (non-hydrogen) atoms. The highest BCUT2D eigenvalue weighted by molar-refractivity contribution is 6.67. The summed E-state index contributed by atoms with van der Waals surface area (Å²) in [6, 6.07) is 14.4. The molecular formula is C15H8Cl2N2O. The van der Waals surface area contributed by atoms with Gasteiger partial charge in [0, 0.05) is 11.1 Å². The fraction of sp³-hybridized carbons (Fsp3) is 0. The standard InChI is InChI=1S/C15H8Cl2N2O/c16-14-13(9-4-2-1-3-5-9)18-12-8-10(15(17)20)6-7-11(12)19-14/h1-8H. The average molecular weight is 303 g/mol. The number of carbonyl (C=O) groups excluding carboxylic acids is 1. The van der Waals surface area contributed by atoms with E-state index in [0.29, 0.717) is 27.4 Å². The second kappa shape index (κ2) is 5.19. The molecule has 0 N–H and O–H groups in total. The number of fused-ring (bicyclic) bond motifs is 1. The van der Waals surface area contributed by atoms with Crippen LogP contribution in [0, 0.1) is 0 Å². The molecule has 0 spiro atoms. The van der Waals surface area contributed by atoms with Crippen LogP contribution in [0.1, 0.15) is 10.4 Å². The van der Waals surface area contributed by atoms with Crippen molar-refractivity contribution < 1.29 is 4.79 Å². The Bertz CT molecular complexity index is 804. The van der Waals surface area contributed by atoms with Crippen LogP contribution in [-0.4, -0.2) is 15.2 Å². The first kappa shape index (κ1) is 13.0. The predicted molar refractivity (Wildman–Crippen MR) is 80.2 cm³/mol. The number of nitrogens with zero attached hydrogens (tertiary/aromatic N) is 2. The molecule has 98 valence electrons. The Labute approximate surface area is 125 Å². The monoisotopic (exact) mass is 302 g/mol. The molecule has 0 radical (unpaired) electrons. The number of hydrogen-bond acceptors (Lipinski definition) is 3. The van der Waals surface area contributed by atoms with E-state index in [1.54, 1.807) is 18.2 Å². The van der Waals surface area contributed by atoms with Crippen molar-refractivity contribution in [2.24, 2.45) is 0 Å². The van der Waals surface area contributed by atoms with E-state index in [-0.39, 0.29) is 0 Å². The third-order valence-corrected chi connectivity index (χ3v) is 3.38. The van der Waals surface area contributed by atoms with Gasteiger partial charge in [-0.05, 0) is 29.8 Å². The van der Waals surface area contributed by atoms with Gasteiger partial charge in [-0.15, -0.1) is 0 Å². The van der Waals surface area contributed by atoms with Crippen molar-refractivity contribution in [3.63, 3.8) is 0 Å². The average Bonchev–Trinajstić information content (AvgIpc) is 2.47. The number of halogens is 2. The van der Waals surface area contributed by atoms with Gasteiger partial charge in [-0.25, -0.2) is 9.97 Å². The number of rotatable bonds is 2. The van der Waals surface area contributed by atoms with Crippen molar-refractivity contribution in [2.45, 2.75) is 0 Å². The van der Waals surface area contributed by atoms with Gasteiger partial charge >= 0.3 is 0 Å². The Morgan fingerprint density at radius 2 is 1.70 bits per heavy atom. The van der Waals surface area contributed by atoms with E-state index in [2.05, 4.69) is 9.97 Å². The van der Waals surface area contributed by atoms with Gasteiger partial charge in [0.2, 0.25) is 0 Å². The van der Waals surface area contributed by atoms with Crippen molar-refractivity contribution in [3.05, 3.63) is 59.2 Å². The van der Waals surface area contributed by atoms with Crippen LogP contribution in [0.4, 0.5) is 0 Å². The van der Waals surface area contributed by atoms with E-state index in [4.69, 9.17) is 23.2 Å². The molecule has 5 heteroatoms. The van der Waals surface area contributed by atoms with Gasteiger partial charge in [0.25, 0.3) is 5.24 Å². The maximum Gasteiger partial charge on any atom is 0.252 e. The zero-order valence-corrected chi connectivity index (χ0v) is 11.7. The minimum absolute atomic E-state index is 0.327. The molecule has 0 aliphatic carbocycles. The Kier molecular flexibility index (Phi) is 3.38. The summed E-state index contributed by atoms with van der Waals surface area (Å²) in [6.07, 6.45) is 0. The summed E-state index contributed by atoms with van der Waals surface area (Å²) in [5, 5.41) is -0.196. The molecule has 3 aromatic rings. The summed E-state index contributed by atoms with van der Waals surface area (Å²) in [5.74, 6) is 0. The smallest absolute Gasteiger partial charge is 0.252 e. The summed E-state index contributed by atoms with van der Waals surface area (Å²) < 4.78 is 0. The Balaban J connectivity index is 2.23. The van der Waals surface area contributed by atoms with Crippen molar-refractivity contribution in [1.29, 1.82) is 0 Å². The molecule has 0 unspecified atom stereocenters. The van der Waals surface area contributed by atoms with E-state index in [1.807, 2.05) is 30.3 Å². The van der Waals surface area contributed by atoms with Crippen LogP contribution in [-0.2, 0) is 0 Å². The molecule has 0 amide bonds. The van der Waals surface area contributed by atoms with E-state index in [9.17, 15) is 4.79 Å². The normalized spacial score (nSPS) is 10.7. The number of benzene rings is 2. The van der Waals surface area contributed by atoms with Crippen molar-refractivity contribution in [2.75, 3.05) is 0 Å². The molecule has 3 nitrogen and oxygen atoms in total. The van der Waals surface area contributed by atoms with E-state index in [1.165, 1.54) is 0 Å². The molecule has 1 aromatic heterocycles. The maximum atomic E-state index is 11.2. The molecular weight excluding hydrogens is 295 g/mol. The molecule has 0 bridgehead atoms. The zero-order valence-electron chi connectivity index (χ0n) is 10.2. The van der Waals surface area contributed by atoms with E-state index in [0.717, 1.165) is 5.56 Å². The van der Waals surface area contributed by atoms with E-state index < -0.39 is 5.24 Å². The van der Waals surface area contributed by atoms with Crippen molar-refractivity contribution in [3.8, 4) is 11.3 Å². The van der Waals surface area contributed by atoms with Crippen LogP contribution in [0.15, 0.2) is 48.5 Å². The van der Waals surface area contributed by atoms with Gasteiger partial charge in [-0.1, -0.05) is 41.9 Å². The fourth-order valence-corrected chi connectivity index (χ4v) is 2.29. The molecule has 2 aromatic carbocycles. The van der Waals surface area contributed by atoms with Crippen LogP contribution in [0.3, 0.4) is 0 Å². The highest BCUT2D eigenvalue weighted by Gasteiger charge is 2.10. The number of hydrogen-bond donors (Lipinski definition) is 0. The lowest BCUT2D eigenvalue weighted by Crippen LogP contribution is -1.94. The number of aromatic nitrogens is 2. The van der Waals surface area contributed by atoms with E-state index >= 15 is 0 Å². The second-order valence-corrected chi connectivity index (χ2v) is 4.91. The van der Waals surface area contributed by atoms with Crippen molar-refractivity contribution >= 4 is 39.5 Å². The van der Waals surface area contributed by atoms with Gasteiger partial charge in [-0.3, -0.25) is 4.79 Å². The summed E-state index contributed by atoms with van der Waals surface area (Å²) in [5.41, 5.74) is 3.04. The molecule has 0 aliphatic rings. The van der Waals surface area contributed by atoms with Gasteiger partial charge in [-0.2, -0.15) is 0 Å². The Hall–Kier alpha value is -1.97. The third kappa shape index (κ3) is 2.38. The van der Waals surface area contributed by atoms with Gasteiger partial charge in [0.05, 0.1) is 11.0 Å². The van der Waals surface area contributed by atoms with Crippen LogP contribution in [0.2, 0.25) is 5.15 Å². The summed E-state index contributed by atoms with van der Waals surface area (Å²) in [7, 11) is 0. The lowest BCUT2D eigenvalue weighted by atomic mass is 10.1. The first-order valence-electron chi connectivity index (χ1n) is 5.88. The minimum atomic E-state index is -0.523. The summed E-state index contributed by atoms with van der Waals surface area (Å²) in [4.78, 5) is 20.0. The molecule has 0 atom stereocenters. The van der Waals surface area contributed by atoms with Crippen molar-refractivity contribution in [1.82, 2.24) is 9.97 Å². The van der Waals surface area contributed by atoms with Crippen LogP contribution < -0.4 is 0 Å². The first-order valence-corrected chi connectivity index (χ1v) is 6.63. The molecule has 0 fully saturated rings. The molecule has 1 heterocycles. The van der Waals surface area contributed by atoms with Crippen LogP contribution in [0.5, 0.6) is 0 Å². The predicted octanol–water partition coefficient (Wildman–Crippen LogP) is 4.33. The molecule has 0 saturated heterocycles. The van der Waals surface area contributed by atoms with Gasteiger partial charge in [0.1, 0.15) is 5.69 Å². The van der Waals surface area contributed by atoms with Crippen LogP contribution in [0.25, 0.3) is 22.3 Å². The zero-order chi connectivity index (χ0) is 14.1. The Morgan fingerprint density at radius 1 is 0.950 bits per heavy atom. The molecule has 0 aliphatic heterocycles. The lowest BCUT2D eigenvalue weighted by Gasteiger charge is -2.06. The third-order valence-electron chi connectivity index (χ3n) is 2.90. The Morgan fingerprint density at radius 3 is 2.40 bits per heavy atom. The highest BCUT2D eigenvalue weighted by Crippen LogP contribution is 2.27. The minimum Gasteiger partial charge on any atom is -0.276 e. The highest BCUT2D eigenvalue weighted by atomic mass is 35.5. The van der Waals surface area contributed by atoms with Crippen LogP contribution >= 0.6 is 23.2 Å². The topological polar surface area (TPSA) is 42.9 Å². The lowest BCUT2D eigenvalue weighted by molar-refractivity contribution is 0.108. The maximum absolute atomic E-state index is 11.2. The fourth-order valence-electron chi connectivity index (χ4n) is 1.93. The summed E-state index contributed by atoms with van der Waals surface area (Å²) in [6.45, 7) is 0. The second-order valence-electron chi connectivity index (χ2n) is 4.21. The molecule has 3 rings (SSSR count). The molecule has 0 saturated carbocycles. The van der Waals surface area contributed by atoms with Gasteiger partial charge in [0.15, 0.2) is 5.15 Å². The quantitative estimate of drug-likeness (QED) is 0.662.